The number of hydrogen-bond donors (Lipinski definition) is 0. The monoisotopic (exact) mass is 238 g/mol. The molecule has 2 nitrogen and oxygen atoms in total. The fourth-order valence-electron chi connectivity index (χ4n) is 1.42. The Morgan fingerprint density at radius 1 is 1.31 bits per heavy atom. The van der Waals surface area contributed by atoms with Gasteiger partial charge in [0, 0.05) is 0 Å². The molecule has 4 heteroatoms. The van der Waals surface area contributed by atoms with E-state index >= 15 is 0 Å². The van der Waals surface area contributed by atoms with Crippen LogP contribution in [0, 0.1) is 5.82 Å². The minimum absolute atomic E-state index is 0.00759. The number of hydrogen-bond acceptors (Lipinski definition) is 2. The van der Waals surface area contributed by atoms with Crippen molar-refractivity contribution in [1.29, 1.82) is 0 Å². The van der Waals surface area contributed by atoms with Gasteiger partial charge in [0.25, 0.3) is 0 Å². The van der Waals surface area contributed by atoms with Gasteiger partial charge in [-0.15, -0.1) is 0 Å². The number of rotatable bonds is 3. The van der Waals surface area contributed by atoms with E-state index in [1.807, 2.05) is 0 Å². The highest BCUT2D eigenvalue weighted by atomic mass is 35.5. The van der Waals surface area contributed by atoms with Crippen molar-refractivity contribution in [1.82, 2.24) is 0 Å². The molecule has 2 aromatic rings. The van der Waals surface area contributed by atoms with Gasteiger partial charge in [-0.1, -0.05) is 17.7 Å². The molecule has 0 saturated heterocycles. The van der Waals surface area contributed by atoms with Gasteiger partial charge in [0.05, 0.1) is 23.3 Å². The second kappa shape index (κ2) is 4.49. The van der Waals surface area contributed by atoms with Crippen LogP contribution >= 0.6 is 11.6 Å². The number of furan rings is 1. The second-order valence-corrected chi connectivity index (χ2v) is 3.68. The molecule has 0 N–H and O–H groups in total. The van der Waals surface area contributed by atoms with E-state index < -0.39 is 11.6 Å². The molecule has 0 saturated carbocycles. The third-order valence-electron chi connectivity index (χ3n) is 2.16. The van der Waals surface area contributed by atoms with Gasteiger partial charge < -0.3 is 4.42 Å². The van der Waals surface area contributed by atoms with Crippen molar-refractivity contribution in [2.24, 2.45) is 0 Å². The Labute approximate surface area is 96.6 Å². The highest BCUT2D eigenvalue weighted by molar-refractivity contribution is 6.34. The van der Waals surface area contributed by atoms with Crippen LogP contribution in [0.4, 0.5) is 4.39 Å². The Morgan fingerprint density at radius 3 is 2.75 bits per heavy atom. The second-order valence-electron chi connectivity index (χ2n) is 3.28. The van der Waals surface area contributed by atoms with Gasteiger partial charge in [-0.05, 0) is 24.3 Å². The molecule has 0 fully saturated rings. The van der Waals surface area contributed by atoms with Crippen LogP contribution in [0.5, 0.6) is 0 Å². The molecular formula is C12H8ClFO2. The molecule has 1 heterocycles. The van der Waals surface area contributed by atoms with E-state index in [0.29, 0.717) is 5.76 Å². The Bertz CT molecular complexity index is 485. The molecule has 1 aromatic carbocycles. The maximum atomic E-state index is 13.4. The molecule has 0 unspecified atom stereocenters. The SMILES string of the molecule is O=C(Cc1ccco1)c1c(F)cccc1Cl. The van der Waals surface area contributed by atoms with Crippen LogP contribution < -0.4 is 0 Å². The number of ketones is 1. The molecular weight excluding hydrogens is 231 g/mol. The van der Waals surface area contributed by atoms with E-state index in [1.54, 1.807) is 12.1 Å². The molecule has 2 rings (SSSR count). The van der Waals surface area contributed by atoms with Gasteiger partial charge in [-0.3, -0.25) is 4.79 Å². The van der Waals surface area contributed by atoms with Gasteiger partial charge in [0.1, 0.15) is 11.6 Å². The van der Waals surface area contributed by atoms with Crippen LogP contribution in [0.2, 0.25) is 5.02 Å². The molecule has 0 aliphatic heterocycles. The summed E-state index contributed by atoms with van der Waals surface area (Å²) >= 11 is 5.77. The summed E-state index contributed by atoms with van der Waals surface area (Å²) in [5.41, 5.74) is -0.0828. The average molecular weight is 239 g/mol. The Hall–Kier alpha value is -1.61. The lowest BCUT2D eigenvalue weighted by atomic mass is 10.1. The van der Waals surface area contributed by atoms with Crippen molar-refractivity contribution in [3.05, 3.63) is 58.8 Å². The van der Waals surface area contributed by atoms with Crippen LogP contribution in [-0.2, 0) is 6.42 Å². The van der Waals surface area contributed by atoms with Crippen molar-refractivity contribution in [3.63, 3.8) is 0 Å². The van der Waals surface area contributed by atoms with Gasteiger partial charge in [0.15, 0.2) is 5.78 Å². The van der Waals surface area contributed by atoms with Crippen molar-refractivity contribution in [3.8, 4) is 0 Å². The summed E-state index contributed by atoms with van der Waals surface area (Å²) in [6.07, 6.45) is 1.47. The zero-order valence-corrected chi connectivity index (χ0v) is 9.00. The highest BCUT2D eigenvalue weighted by Gasteiger charge is 2.16. The molecule has 1 aromatic heterocycles. The smallest absolute Gasteiger partial charge is 0.174 e. The lowest BCUT2D eigenvalue weighted by Crippen LogP contribution is -2.06. The summed E-state index contributed by atoms with van der Waals surface area (Å²) in [4.78, 5) is 11.8. The van der Waals surface area contributed by atoms with Crippen molar-refractivity contribution in [2.45, 2.75) is 6.42 Å². The predicted molar refractivity (Wildman–Crippen MR) is 58.2 cm³/mol. The summed E-state index contributed by atoms with van der Waals surface area (Å²) in [6.45, 7) is 0. The van der Waals surface area contributed by atoms with Crippen LogP contribution in [0.3, 0.4) is 0 Å². The van der Waals surface area contributed by atoms with E-state index in [1.165, 1.54) is 24.5 Å². The lowest BCUT2D eigenvalue weighted by molar-refractivity contribution is 0.0983. The molecule has 82 valence electrons. The first-order chi connectivity index (χ1) is 7.68. The lowest BCUT2D eigenvalue weighted by Gasteiger charge is -2.03. The van der Waals surface area contributed by atoms with Gasteiger partial charge in [0.2, 0.25) is 0 Å². The maximum absolute atomic E-state index is 13.4. The number of carbonyl (C=O) groups excluding carboxylic acids is 1. The first-order valence-corrected chi connectivity index (χ1v) is 5.06. The van der Waals surface area contributed by atoms with E-state index in [9.17, 15) is 9.18 Å². The first kappa shape index (κ1) is 10.9. The first-order valence-electron chi connectivity index (χ1n) is 4.68. The number of carbonyl (C=O) groups is 1. The summed E-state index contributed by atoms with van der Waals surface area (Å²) in [7, 11) is 0. The van der Waals surface area contributed by atoms with Gasteiger partial charge in [-0.2, -0.15) is 0 Å². The fourth-order valence-corrected chi connectivity index (χ4v) is 1.69. The molecule has 0 aliphatic carbocycles. The third kappa shape index (κ3) is 2.14. The molecule has 0 bridgehead atoms. The summed E-state index contributed by atoms with van der Waals surface area (Å²) in [5.74, 6) is -0.508. The third-order valence-corrected chi connectivity index (χ3v) is 2.47. The Morgan fingerprint density at radius 2 is 2.12 bits per heavy atom. The maximum Gasteiger partial charge on any atom is 0.174 e. The van der Waals surface area contributed by atoms with E-state index in [0.717, 1.165) is 0 Å². The van der Waals surface area contributed by atoms with E-state index in [4.69, 9.17) is 16.0 Å². The van der Waals surface area contributed by atoms with Crippen LogP contribution in [0.15, 0.2) is 41.0 Å². The van der Waals surface area contributed by atoms with Crippen LogP contribution in [0.25, 0.3) is 0 Å². The van der Waals surface area contributed by atoms with E-state index in [2.05, 4.69) is 0 Å². The van der Waals surface area contributed by atoms with Crippen LogP contribution in [0.1, 0.15) is 16.1 Å². The van der Waals surface area contributed by atoms with Gasteiger partial charge in [-0.25, -0.2) is 4.39 Å². The van der Waals surface area contributed by atoms with Crippen molar-refractivity contribution >= 4 is 17.4 Å². The summed E-state index contributed by atoms with van der Waals surface area (Å²) in [5, 5.41) is 0.122. The summed E-state index contributed by atoms with van der Waals surface area (Å²) < 4.78 is 18.4. The zero-order valence-electron chi connectivity index (χ0n) is 8.24. The average Bonchev–Trinajstić information content (AvgIpc) is 2.70. The fraction of sp³-hybridized carbons (Fsp3) is 0.0833. The normalized spacial score (nSPS) is 10.4. The van der Waals surface area contributed by atoms with Crippen molar-refractivity contribution < 1.29 is 13.6 Å². The number of Topliss-reactive ketones (excluding diaryl/α,β-unsaturated/α-hetero) is 1. The molecule has 0 amide bonds. The highest BCUT2D eigenvalue weighted by Crippen LogP contribution is 2.21. The minimum atomic E-state index is -0.607. The molecule has 0 spiro atoms. The molecule has 0 atom stereocenters. The van der Waals surface area contributed by atoms with E-state index in [-0.39, 0.29) is 17.0 Å². The quantitative estimate of drug-likeness (QED) is 0.766. The minimum Gasteiger partial charge on any atom is -0.469 e. The molecule has 0 aliphatic rings. The number of benzene rings is 1. The van der Waals surface area contributed by atoms with Crippen LogP contribution in [-0.4, -0.2) is 5.78 Å². The standard InChI is InChI=1S/C12H8ClFO2/c13-9-4-1-5-10(14)12(9)11(15)7-8-3-2-6-16-8/h1-6H,7H2. The molecule has 16 heavy (non-hydrogen) atoms. The molecule has 0 radical (unpaired) electrons. The predicted octanol–water partition coefficient (Wildman–Crippen LogP) is 3.50. The largest absolute Gasteiger partial charge is 0.469 e. The van der Waals surface area contributed by atoms with Crippen molar-refractivity contribution in [2.75, 3.05) is 0 Å². The topological polar surface area (TPSA) is 30.2 Å². The number of halogens is 2. The van der Waals surface area contributed by atoms with Gasteiger partial charge >= 0.3 is 0 Å². The Balaban J connectivity index is 2.28. The Kier molecular flexibility index (Phi) is 3.06. The zero-order chi connectivity index (χ0) is 11.5. The summed E-state index contributed by atoms with van der Waals surface area (Å²) in [6, 6.07) is 7.49.